The van der Waals surface area contributed by atoms with Crippen LogP contribution in [0.15, 0.2) is 18.2 Å². The lowest BCUT2D eigenvalue weighted by molar-refractivity contribution is 0.340. The van der Waals surface area contributed by atoms with Gasteiger partial charge in [0.15, 0.2) is 0 Å². The van der Waals surface area contributed by atoms with Gasteiger partial charge in [0, 0.05) is 33.8 Å². The third-order valence-electron chi connectivity index (χ3n) is 5.01. The fraction of sp³-hybridized carbons (Fsp3) is 0.400. The summed E-state index contributed by atoms with van der Waals surface area (Å²) in [6.07, 6.45) is 2.43. The zero-order chi connectivity index (χ0) is 17.7. The molecule has 3 aromatic rings. The second-order valence-electron chi connectivity index (χ2n) is 6.75. The van der Waals surface area contributed by atoms with E-state index in [-0.39, 0.29) is 0 Å². The van der Waals surface area contributed by atoms with Gasteiger partial charge in [-0.25, -0.2) is 0 Å². The number of aromatic nitrogens is 3. The molecule has 1 aliphatic rings. The first kappa shape index (κ1) is 16.4. The molecule has 0 aliphatic heterocycles. The lowest BCUT2D eigenvalue weighted by Crippen LogP contribution is -2.00. The zero-order valence-electron chi connectivity index (χ0n) is 15.1. The zero-order valence-corrected chi connectivity index (χ0v) is 15.8. The number of rotatable bonds is 4. The lowest BCUT2D eigenvalue weighted by atomic mass is 10.1. The fourth-order valence-electron chi connectivity index (χ4n) is 3.75. The van der Waals surface area contributed by atoms with Crippen LogP contribution in [0.4, 0.5) is 0 Å². The summed E-state index contributed by atoms with van der Waals surface area (Å²) in [5.74, 6) is 1.28. The molecule has 2 heterocycles. The summed E-state index contributed by atoms with van der Waals surface area (Å²) in [6, 6.07) is 5.97. The van der Waals surface area contributed by atoms with E-state index >= 15 is 0 Å². The summed E-state index contributed by atoms with van der Waals surface area (Å²) in [4.78, 5) is 0. The van der Waals surface area contributed by atoms with E-state index < -0.39 is 0 Å². The maximum Gasteiger partial charge on any atom is 0.138 e. The standard InChI is InChI=1S/C20H22ClN3O/c1-5-25-17-9-8-15(10-16(17)21)24-12(3)18-11(2)22-23-20(14-6-7-14)19(18)13(24)4/h8-10,14H,5-7H2,1-4H3. The average Bonchev–Trinajstić information content (AvgIpc) is 3.38. The summed E-state index contributed by atoms with van der Waals surface area (Å²) in [5.41, 5.74) is 5.56. The van der Waals surface area contributed by atoms with Crippen LogP contribution in [0.1, 0.15) is 48.5 Å². The third-order valence-corrected chi connectivity index (χ3v) is 5.30. The highest BCUT2D eigenvalue weighted by Gasteiger charge is 2.30. The third kappa shape index (κ3) is 2.60. The van der Waals surface area contributed by atoms with Gasteiger partial charge in [-0.15, -0.1) is 0 Å². The molecule has 2 aromatic heterocycles. The van der Waals surface area contributed by atoms with Gasteiger partial charge in [0.1, 0.15) is 5.75 Å². The monoisotopic (exact) mass is 355 g/mol. The average molecular weight is 356 g/mol. The van der Waals surface area contributed by atoms with Crippen molar-refractivity contribution in [3.05, 3.63) is 46.0 Å². The molecule has 25 heavy (non-hydrogen) atoms. The molecule has 1 fully saturated rings. The van der Waals surface area contributed by atoms with Gasteiger partial charge in [0.05, 0.1) is 23.0 Å². The molecular weight excluding hydrogens is 334 g/mol. The van der Waals surface area contributed by atoms with Crippen molar-refractivity contribution >= 4 is 22.4 Å². The highest BCUT2D eigenvalue weighted by Crippen LogP contribution is 2.44. The molecule has 5 heteroatoms. The quantitative estimate of drug-likeness (QED) is 0.639. The van der Waals surface area contributed by atoms with Crippen LogP contribution in [0.5, 0.6) is 5.75 Å². The molecule has 0 spiro atoms. The Bertz CT molecular complexity index is 973. The largest absolute Gasteiger partial charge is 0.492 e. The number of aryl methyl sites for hydroxylation is 3. The van der Waals surface area contributed by atoms with Crippen molar-refractivity contribution in [2.45, 2.75) is 46.5 Å². The Balaban J connectivity index is 1.95. The van der Waals surface area contributed by atoms with Crippen molar-refractivity contribution in [3.8, 4) is 11.4 Å². The predicted molar refractivity (Wildman–Crippen MR) is 101 cm³/mol. The van der Waals surface area contributed by atoms with Crippen molar-refractivity contribution in [2.24, 2.45) is 0 Å². The van der Waals surface area contributed by atoms with Crippen LogP contribution in [0, 0.1) is 20.8 Å². The molecule has 0 bridgehead atoms. The maximum absolute atomic E-state index is 6.42. The van der Waals surface area contributed by atoms with Gasteiger partial charge in [-0.3, -0.25) is 0 Å². The Morgan fingerprint density at radius 2 is 1.84 bits per heavy atom. The van der Waals surface area contributed by atoms with E-state index in [9.17, 15) is 0 Å². The van der Waals surface area contributed by atoms with Gasteiger partial charge < -0.3 is 9.30 Å². The van der Waals surface area contributed by atoms with E-state index in [1.165, 1.54) is 35.0 Å². The first-order valence-corrected chi connectivity index (χ1v) is 9.18. The fourth-order valence-corrected chi connectivity index (χ4v) is 3.98. The molecule has 0 N–H and O–H groups in total. The van der Waals surface area contributed by atoms with Crippen LogP contribution in [0.2, 0.25) is 5.02 Å². The number of ether oxygens (including phenoxy) is 1. The van der Waals surface area contributed by atoms with Crippen molar-refractivity contribution in [3.63, 3.8) is 0 Å². The molecule has 4 rings (SSSR count). The topological polar surface area (TPSA) is 39.9 Å². The Morgan fingerprint density at radius 1 is 1.12 bits per heavy atom. The smallest absolute Gasteiger partial charge is 0.138 e. The molecule has 0 amide bonds. The Morgan fingerprint density at radius 3 is 2.48 bits per heavy atom. The summed E-state index contributed by atoms with van der Waals surface area (Å²) in [6.45, 7) is 8.90. The van der Waals surface area contributed by atoms with Crippen LogP contribution < -0.4 is 4.74 Å². The van der Waals surface area contributed by atoms with Crippen LogP contribution in [0.25, 0.3) is 16.5 Å². The highest BCUT2D eigenvalue weighted by molar-refractivity contribution is 6.32. The number of halogens is 1. The molecule has 1 aliphatic carbocycles. The van der Waals surface area contributed by atoms with Crippen LogP contribution in [-0.2, 0) is 0 Å². The summed E-state index contributed by atoms with van der Waals surface area (Å²) in [5, 5.41) is 12.1. The normalized spacial score (nSPS) is 14.3. The van der Waals surface area contributed by atoms with E-state index in [0.29, 0.717) is 17.5 Å². The van der Waals surface area contributed by atoms with E-state index in [0.717, 1.165) is 22.8 Å². The Kier molecular flexibility index (Phi) is 3.95. The van der Waals surface area contributed by atoms with Crippen molar-refractivity contribution in [1.29, 1.82) is 0 Å². The number of hydrogen-bond donors (Lipinski definition) is 0. The van der Waals surface area contributed by atoms with Gasteiger partial charge in [-0.2, -0.15) is 10.2 Å². The van der Waals surface area contributed by atoms with Gasteiger partial charge in [0.2, 0.25) is 0 Å². The number of hydrogen-bond acceptors (Lipinski definition) is 3. The number of nitrogens with zero attached hydrogens (tertiary/aromatic N) is 3. The second kappa shape index (κ2) is 6.03. The van der Waals surface area contributed by atoms with Gasteiger partial charge in [-0.1, -0.05) is 11.6 Å². The molecule has 1 aromatic carbocycles. The minimum absolute atomic E-state index is 0.563. The van der Waals surface area contributed by atoms with E-state index in [1.54, 1.807) is 0 Å². The number of fused-ring (bicyclic) bond motifs is 1. The molecule has 130 valence electrons. The van der Waals surface area contributed by atoms with E-state index in [4.69, 9.17) is 16.3 Å². The second-order valence-corrected chi connectivity index (χ2v) is 7.16. The summed E-state index contributed by atoms with van der Waals surface area (Å²) < 4.78 is 7.82. The molecular formula is C20H22ClN3O. The molecule has 0 atom stereocenters. The highest BCUT2D eigenvalue weighted by atomic mass is 35.5. The first-order valence-electron chi connectivity index (χ1n) is 8.80. The maximum atomic E-state index is 6.42. The molecule has 0 saturated heterocycles. The summed E-state index contributed by atoms with van der Waals surface area (Å²) >= 11 is 6.42. The number of benzene rings is 1. The molecule has 4 nitrogen and oxygen atoms in total. The van der Waals surface area contributed by atoms with Crippen LogP contribution >= 0.6 is 11.6 Å². The molecule has 1 saturated carbocycles. The lowest BCUT2D eigenvalue weighted by Gasteiger charge is -2.12. The van der Waals surface area contributed by atoms with Gasteiger partial charge in [-0.05, 0) is 58.7 Å². The molecule has 0 unspecified atom stereocenters. The minimum atomic E-state index is 0.563. The van der Waals surface area contributed by atoms with E-state index in [2.05, 4.69) is 34.7 Å². The van der Waals surface area contributed by atoms with Crippen LogP contribution in [-0.4, -0.2) is 21.4 Å². The van der Waals surface area contributed by atoms with E-state index in [1.807, 2.05) is 26.0 Å². The van der Waals surface area contributed by atoms with Crippen LogP contribution in [0.3, 0.4) is 0 Å². The van der Waals surface area contributed by atoms with Gasteiger partial charge >= 0.3 is 0 Å². The van der Waals surface area contributed by atoms with Gasteiger partial charge in [0.25, 0.3) is 0 Å². The van der Waals surface area contributed by atoms with Crippen molar-refractivity contribution in [2.75, 3.05) is 6.61 Å². The molecule has 0 radical (unpaired) electrons. The minimum Gasteiger partial charge on any atom is -0.492 e. The predicted octanol–water partition coefficient (Wildman–Crippen LogP) is 5.28. The SMILES string of the molecule is CCOc1ccc(-n2c(C)c3c(C)nnc(C4CC4)c3c2C)cc1Cl. The Labute approximate surface area is 152 Å². The van der Waals surface area contributed by atoms with Crippen molar-refractivity contribution in [1.82, 2.24) is 14.8 Å². The summed E-state index contributed by atoms with van der Waals surface area (Å²) in [7, 11) is 0. The Hall–Kier alpha value is -2.07. The van der Waals surface area contributed by atoms with Crippen molar-refractivity contribution < 1.29 is 4.74 Å². The first-order chi connectivity index (χ1) is 12.0.